The molecule has 13 heteroatoms. The summed E-state index contributed by atoms with van der Waals surface area (Å²) in [6, 6.07) is 26.1. The van der Waals surface area contributed by atoms with Crippen LogP contribution in [0.3, 0.4) is 0 Å². The molecule has 0 spiro atoms. The number of hydrogen-bond acceptors (Lipinski definition) is 7. The van der Waals surface area contributed by atoms with E-state index >= 15 is 0 Å². The SMILES string of the molecule is O=C(Nc1cccc(C(=O)Nc2ccc3cc(C(=O)O)cc(O)c3c2)c1)Nc1cccc(C(=O)Nc2ccc3cc(C(=O)O)cc(O)c3c2)c1. The van der Waals surface area contributed by atoms with Crippen molar-refractivity contribution in [3.8, 4) is 11.5 Å². The first-order chi connectivity index (χ1) is 23.9. The van der Waals surface area contributed by atoms with Gasteiger partial charge in [0.1, 0.15) is 11.5 Å². The van der Waals surface area contributed by atoms with E-state index in [2.05, 4.69) is 21.3 Å². The van der Waals surface area contributed by atoms with Crippen LogP contribution in [0.15, 0.2) is 109 Å². The van der Waals surface area contributed by atoms with Crippen molar-refractivity contribution in [3.63, 3.8) is 0 Å². The average molecular weight is 671 g/mol. The minimum absolute atomic E-state index is 0.0703. The smallest absolute Gasteiger partial charge is 0.335 e. The first-order valence-electron chi connectivity index (χ1n) is 14.8. The minimum Gasteiger partial charge on any atom is -0.507 e. The number of nitrogens with one attached hydrogen (secondary N) is 4. The maximum atomic E-state index is 13.0. The predicted octanol–water partition coefficient (Wildman–Crippen LogP) is 6.95. The number of carboxylic acids is 2. The van der Waals surface area contributed by atoms with Crippen LogP contribution in [0.25, 0.3) is 21.5 Å². The minimum atomic E-state index is -1.18. The normalized spacial score (nSPS) is 10.7. The molecule has 4 amide bonds. The van der Waals surface area contributed by atoms with E-state index in [9.17, 15) is 44.4 Å². The fraction of sp³-hybridized carbons (Fsp3) is 0. The molecular formula is C37H26N4O9. The third kappa shape index (κ3) is 7.11. The molecule has 0 aliphatic heterocycles. The van der Waals surface area contributed by atoms with Gasteiger partial charge in [0.2, 0.25) is 0 Å². The van der Waals surface area contributed by atoms with Gasteiger partial charge >= 0.3 is 18.0 Å². The summed E-state index contributed by atoms with van der Waals surface area (Å²) in [6.45, 7) is 0. The first kappa shape index (κ1) is 32.5. The summed E-state index contributed by atoms with van der Waals surface area (Å²) in [5.74, 6) is -3.85. The molecule has 0 aromatic heterocycles. The van der Waals surface area contributed by atoms with Gasteiger partial charge in [0.25, 0.3) is 11.8 Å². The van der Waals surface area contributed by atoms with E-state index in [0.29, 0.717) is 44.3 Å². The number of aromatic carboxylic acids is 2. The van der Waals surface area contributed by atoms with Crippen LogP contribution in [-0.4, -0.2) is 50.2 Å². The third-order valence-electron chi connectivity index (χ3n) is 7.64. The van der Waals surface area contributed by atoms with Gasteiger partial charge in [0.15, 0.2) is 0 Å². The van der Waals surface area contributed by atoms with Crippen molar-refractivity contribution in [2.45, 2.75) is 0 Å². The molecule has 0 fully saturated rings. The molecule has 6 aromatic carbocycles. The second-order valence-corrected chi connectivity index (χ2v) is 11.1. The maximum absolute atomic E-state index is 13.0. The number of amides is 4. The zero-order valence-electron chi connectivity index (χ0n) is 25.7. The summed E-state index contributed by atoms with van der Waals surface area (Å²) in [4.78, 5) is 61.4. The number of anilines is 4. The second-order valence-electron chi connectivity index (χ2n) is 11.1. The lowest BCUT2D eigenvalue weighted by atomic mass is 10.0. The fourth-order valence-corrected chi connectivity index (χ4v) is 5.26. The highest BCUT2D eigenvalue weighted by Gasteiger charge is 2.14. The lowest BCUT2D eigenvalue weighted by Crippen LogP contribution is -2.20. The fourth-order valence-electron chi connectivity index (χ4n) is 5.26. The summed E-state index contributed by atoms with van der Waals surface area (Å²) >= 11 is 0. The monoisotopic (exact) mass is 670 g/mol. The van der Waals surface area contributed by atoms with Crippen LogP contribution in [-0.2, 0) is 0 Å². The second kappa shape index (κ2) is 13.4. The molecule has 0 saturated carbocycles. The number of carboxylic acid groups (broad SMARTS) is 2. The summed E-state index contributed by atoms with van der Waals surface area (Å²) < 4.78 is 0. The van der Waals surface area contributed by atoms with Crippen molar-refractivity contribution >= 4 is 74.1 Å². The highest BCUT2D eigenvalue weighted by Crippen LogP contribution is 2.31. The molecule has 0 heterocycles. The number of aromatic hydroxyl groups is 2. The zero-order chi connectivity index (χ0) is 35.5. The van der Waals surface area contributed by atoms with Gasteiger partial charge in [-0.05, 0) is 95.7 Å². The molecule has 6 aromatic rings. The Balaban J connectivity index is 1.09. The molecule has 248 valence electrons. The highest BCUT2D eigenvalue weighted by atomic mass is 16.4. The Morgan fingerprint density at radius 1 is 0.420 bits per heavy atom. The molecule has 0 bridgehead atoms. The quantitative estimate of drug-likeness (QED) is 0.0840. The van der Waals surface area contributed by atoms with Crippen molar-refractivity contribution < 1.29 is 44.4 Å². The largest absolute Gasteiger partial charge is 0.507 e. The van der Waals surface area contributed by atoms with Gasteiger partial charge in [-0.1, -0.05) is 24.3 Å². The van der Waals surface area contributed by atoms with Gasteiger partial charge in [0.05, 0.1) is 11.1 Å². The lowest BCUT2D eigenvalue weighted by molar-refractivity contribution is 0.0686. The van der Waals surface area contributed by atoms with Crippen molar-refractivity contribution in [1.82, 2.24) is 0 Å². The van der Waals surface area contributed by atoms with Gasteiger partial charge in [-0.3, -0.25) is 9.59 Å². The van der Waals surface area contributed by atoms with Gasteiger partial charge < -0.3 is 41.7 Å². The van der Waals surface area contributed by atoms with Crippen LogP contribution < -0.4 is 21.3 Å². The summed E-state index contributed by atoms with van der Waals surface area (Å²) in [5, 5.41) is 51.4. The molecule has 0 radical (unpaired) electrons. The van der Waals surface area contributed by atoms with E-state index in [4.69, 9.17) is 0 Å². The molecule has 0 saturated heterocycles. The average Bonchev–Trinajstić information content (AvgIpc) is 3.08. The molecule has 0 unspecified atom stereocenters. The standard InChI is InChI=1S/C37H26N4O9/c42-31-15-23(35(46)47)11-19-7-9-27(17-29(19)31)38-33(44)21-3-1-5-25(13-21)40-37(50)41-26-6-2-4-22(14-26)34(45)39-28-10-8-20-12-24(36(48)49)16-32(43)30(20)18-28/h1-18,42-43H,(H,38,44)(H,39,45)(H,46,47)(H,48,49)(H2,40,41,50). The number of phenolic OH excluding ortho intramolecular Hbond substituents is 2. The molecule has 13 nitrogen and oxygen atoms in total. The van der Waals surface area contributed by atoms with Gasteiger partial charge in [-0.2, -0.15) is 0 Å². The van der Waals surface area contributed by atoms with Gasteiger partial charge in [-0.15, -0.1) is 0 Å². The summed E-state index contributed by atoms with van der Waals surface area (Å²) in [7, 11) is 0. The molecular weight excluding hydrogens is 644 g/mol. The molecule has 0 aliphatic rings. The van der Waals surface area contributed by atoms with Crippen molar-refractivity contribution in [2.24, 2.45) is 0 Å². The topological polar surface area (TPSA) is 214 Å². The van der Waals surface area contributed by atoms with Crippen molar-refractivity contribution in [2.75, 3.05) is 21.3 Å². The van der Waals surface area contributed by atoms with Crippen LogP contribution in [0.2, 0.25) is 0 Å². The molecule has 0 atom stereocenters. The maximum Gasteiger partial charge on any atom is 0.335 e. The van der Waals surface area contributed by atoms with E-state index in [1.54, 1.807) is 60.7 Å². The molecule has 6 rings (SSSR count). The number of fused-ring (bicyclic) bond motifs is 2. The molecule has 0 aliphatic carbocycles. The summed E-state index contributed by atoms with van der Waals surface area (Å²) in [6.07, 6.45) is 0. The number of hydrogen-bond donors (Lipinski definition) is 8. The number of benzene rings is 6. The number of carbonyl (C=O) groups excluding carboxylic acids is 3. The van der Waals surface area contributed by atoms with Crippen LogP contribution in [0.5, 0.6) is 11.5 Å². The Morgan fingerprint density at radius 2 is 0.820 bits per heavy atom. The van der Waals surface area contributed by atoms with Crippen molar-refractivity contribution in [3.05, 3.63) is 131 Å². The predicted molar refractivity (Wildman–Crippen MR) is 187 cm³/mol. The van der Waals surface area contributed by atoms with E-state index in [0.717, 1.165) is 12.1 Å². The van der Waals surface area contributed by atoms with Gasteiger partial charge in [-0.25, -0.2) is 14.4 Å². The number of urea groups is 1. The zero-order valence-corrected chi connectivity index (χ0v) is 25.7. The van der Waals surface area contributed by atoms with Crippen LogP contribution in [0, 0.1) is 0 Å². The Labute approximate surface area is 282 Å². The number of carbonyl (C=O) groups is 5. The van der Waals surface area contributed by atoms with Crippen LogP contribution in [0.1, 0.15) is 41.4 Å². The van der Waals surface area contributed by atoms with Crippen molar-refractivity contribution in [1.29, 1.82) is 0 Å². The Bertz CT molecular complexity index is 2230. The van der Waals surface area contributed by atoms with E-state index in [1.165, 1.54) is 36.4 Å². The van der Waals surface area contributed by atoms with E-state index < -0.39 is 29.8 Å². The third-order valence-corrected chi connectivity index (χ3v) is 7.64. The number of phenols is 2. The molecule has 50 heavy (non-hydrogen) atoms. The summed E-state index contributed by atoms with van der Waals surface area (Å²) in [5.41, 5.74) is 1.61. The van der Waals surface area contributed by atoms with E-state index in [1.807, 2.05) is 0 Å². The van der Waals surface area contributed by atoms with Gasteiger partial charge in [0, 0.05) is 44.6 Å². The van der Waals surface area contributed by atoms with Crippen LogP contribution >= 0.6 is 0 Å². The lowest BCUT2D eigenvalue weighted by Gasteiger charge is -2.12. The first-order valence-corrected chi connectivity index (χ1v) is 14.8. The Hall–Kier alpha value is -7.41. The highest BCUT2D eigenvalue weighted by molar-refractivity contribution is 6.09. The van der Waals surface area contributed by atoms with Crippen LogP contribution in [0.4, 0.5) is 27.5 Å². The Morgan fingerprint density at radius 3 is 1.22 bits per heavy atom. The van der Waals surface area contributed by atoms with E-state index in [-0.39, 0.29) is 33.8 Å². The molecule has 8 N–H and O–H groups in total. The Kier molecular flexibility index (Phi) is 8.70. The number of rotatable bonds is 8.